The molecular weight excluding hydrogens is 298 g/mol. The van der Waals surface area contributed by atoms with Crippen molar-refractivity contribution in [2.24, 2.45) is 11.8 Å². The highest BCUT2D eigenvalue weighted by molar-refractivity contribution is 5.94. The number of rotatable bonds is 4. The first-order valence-electron chi connectivity index (χ1n) is 9.53. The second-order valence-electron chi connectivity index (χ2n) is 8.36. The number of hydrogen-bond donors (Lipinski definition) is 1. The Balaban J connectivity index is 1.64. The monoisotopic (exact) mass is 329 g/mol. The molecule has 1 N–H and O–H groups in total. The molecule has 1 heterocycles. The van der Waals surface area contributed by atoms with E-state index in [0.29, 0.717) is 6.42 Å². The third-order valence-electron chi connectivity index (χ3n) is 5.78. The van der Waals surface area contributed by atoms with Gasteiger partial charge in [0.15, 0.2) is 0 Å². The minimum Gasteiger partial charge on any atom is -0.390 e. The average Bonchev–Trinajstić information content (AvgIpc) is 2.58. The molecule has 2 fully saturated rings. The highest BCUT2D eigenvalue weighted by Crippen LogP contribution is 2.36. The van der Waals surface area contributed by atoms with E-state index in [1.807, 2.05) is 32.0 Å². The predicted octanol–water partition coefficient (Wildman–Crippen LogP) is 4.04. The Morgan fingerprint density at radius 1 is 1.21 bits per heavy atom. The largest absolute Gasteiger partial charge is 0.390 e. The normalized spacial score (nSPS) is 24.5. The average molecular weight is 329 g/mol. The molecule has 0 bridgehead atoms. The summed E-state index contributed by atoms with van der Waals surface area (Å²) in [4.78, 5) is 15.0. The lowest BCUT2D eigenvalue weighted by Gasteiger charge is -2.41. The zero-order chi connectivity index (χ0) is 17.2. The molecule has 1 amide bonds. The zero-order valence-electron chi connectivity index (χ0n) is 15.1. The number of fused-ring (bicyclic) bond motifs is 1. The minimum atomic E-state index is -0.664. The summed E-state index contributed by atoms with van der Waals surface area (Å²) in [5.41, 5.74) is 1.27. The van der Waals surface area contributed by atoms with Gasteiger partial charge in [-0.05, 0) is 69.1 Å². The molecule has 1 saturated carbocycles. The number of nitrogens with zero attached hydrogens (tertiary/aromatic N) is 1. The van der Waals surface area contributed by atoms with E-state index in [1.165, 1.54) is 32.1 Å². The number of hydrogen-bond acceptors (Lipinski definition) is 2. The van der Waals surface area contributed by atoms with Crippen molar-refractivity contribution in [1.82, 2.24) is 4.90 Å². The number of piperidine rings is 1. The van der Waals surface area contributed by atoms with Gasteiger partial charge in [-0.2, -0.15) is 0 Å². The van der Waals surface area contributed by atoms with Gasteiger partial charge in [-0.3, -0.25) is 4.79 Å². The summed E-state index contributed by atoms with van der Waals surface area (Å²) in [6.07, 6.45) is 8.04. The summed E-state index contributed by atoms with van der Waals surface area (Å²) in [7, 11) is 0. The van der Waals surface area contributed by atoms with E-state index in [0.717, 1.165) is 42.5 Å². The maximum absolute atomic E-state index is 12.9. The Bertz CT molecular complexity index is 575. The van der Waals surface area contributed by atoms with Gasteiger partial charge in [-0.15, -0.1) is 0 Å². The molecular formula is C21H31NO2. The summed E-state index contributed by atoms with van der Waals surface area (Å²) in [5, 5.41) is 9.90. The van der Waals surface area contributed by atoms with Gasteiger partial charge >= 0.3 is 0 Å². The van der Waals surface area contributed by atoms with Crippen LogP contribution in [0.3, 0.4) is 0 Å². The zero-order valence-corrected chi connectivity index (χ0v) is 15.1. The number of aryl methyl sites for hydroxylation is 1. The highest BCUT2D eigenvalue weighted by Gasteiger charge is 2.33. The lowest BCUT2D eigenvalue weighted by atomic mass is 9.75. The van der Waals surface area contributed by atoms with Gasteiger partial charge in [0.25, 0.3) is 5.91 Å². The Kier molecular flexibility index (Phi) is 5.29. The number of carbonyl (C=O) groups is 1. The topological polar surface area (TPSA) is 40.5 Å². The van der Waals surface area contributed by atoms with Gasteiger partial charge < -0.3 is 10.0 Å². The SMILES string of the molecule is CC(C)(O)CCc1cccc(C(=O)N2CC[C@@H]3CCCC[C@@H]3C2)c1. The molecule has 24 heavy (non-hydrogen) atoms. The molecule has 0 aromatic heterocycles. The van der Waals surface area contributed by atoms with E-state index >= 15 is 0 Å². The molecule has 0 spiro atoms. The molecule has 2 aliphatic rings. The number of benzene rings is 1. The van der Waals surface area contributed by atoms with Crippen molar-refractivity contribution in [3.63, 3.8) is 0 Å². The smallest absolute Gasteiger partial charge is 0.253 e. The second-order valence-corrected chi connectivity index (χ2v) is 8.36. The fraction of sp³-hybridized carbons (Fsp3) is 0.667. The Morgan fingerprint density at radius 3 is 2.71 bits per heavy atom. The minimum absolute atomic E-state index is 0.184. The molecule has 1 aliphatic carbocycles. The third-order valence-corrected chi connectivity index (χ3v) is 5.78. The van der Waals surface area contributed by atoms with Crippen LogP contribution in [-0.4, -0.2) is 34.6 Å². The van der Waals surface area contributed by atoms with E-state index in [-0.39, 0.29) is 5.91 Å². The van der Waals surface area contributed by atoms with E-state index in [2.05, 4.69) is 11.0 Å². The van der Waals surface area contributed by atoms with Crippen molar-refractivity contribution in [1.29, 1.82) is 0 Å². The van der Waals surface area contributed by atoms with Crippen LogP contribution in [0.25, 0.3) is 0 Å². The van der Waals surface area contributed by atoms with Crippen LogP contribution in [0, 0.1) is 11.8 Å². The first-order chi connectivity index (χ1) is 11.4. The van der Waals surface area contributed by atoms with Crippen LogP contribution in [-0.2, 0) is 6.42 Å². The van der Waals surface area contributed by atoms with E-state index < -0.39 is 5.60 Å². The van der Waals surface area contributed by atoms with Gasteiger partial charge in [0.2, 0.25) is 0 Å². The van der Waals surface area contributed by atoms with Crippen LogP contribution in [0.1, 0.15) is 68.3 Å². The second kappa shape index (κ2) is 7.26. The summed E-state index contributed by atoms with van der Waals surface area (Å²) in [5.74, 6) is 1.75. The van der Waals surface area contributed by atoms with Crippen molar-refractivity contribution < 1.29 is 9.90 Å². The molecule has 132 valence electrons. The summed E-state index contributed by atoms with van der Waals surface area (Å²) >= 11 is 0. The van der Waals surface area contributed by atoms with Crippen molar-refractivity contribution in [2.75, 3.05) is 13.1 Å². The van der Waals surface area contributed by atoms with E-state index in [9.17, 15) is 9.90 Å². The van der Waals surface area contributed by atoms with Crippen LogP contribution in [0.2, 0.25) is 0 Å². The molecule has 1 aromatic carbocycles. The van der Waals surface area contributed by atoms with Crippen molar-refractivity contribution in [2.45, 2.75) is 64.4 Å². The maximum Gasteiger partial charge on any atom is 0.253 e. The molecule has 1 aromatic rings. The summed E-state index contributed by atoms with van der Waals surface area (Å²) in [6.45, 7) is 5.51. The number of likely N-dealkylation sites (tertiary alicyclic amines) is 1. The van der Waals surface area contributed by atoms with Crippen LogP contribution >= 0.6 is 0 Å². The van der Waals surface area contributed by atoms with Gasteiger partial charge in [0.1, 0.15) is 0 Å². The fourth-order valence-corrected chi connectivity index (χ4v) is 4.28. The lowest BCUT2D eigenvalue weighted by Crippen LogP contribution is -2.44. The van der Waals surface area contributed by atoms with Crippen LogP contribution < -0.4 is 0 Å². The Hall–Kier alpha value is -1.35. The van der Waals surface area contributed by atoms with Gasteiger partial charge in [0.05, 0.1) is 5.60 Å². The molecule has 3 nitrogen and oxygen atoms in total. The van der Waals surface area contributed by atoms with E-state index in [1.54, 1.807) is 0 Å². The quantitative estimate of drug-likeness (QED) is 0.905. The first kappa shape index (κ1) is 17.5. The van der Waals surface area contributed by atoms with E-state index in [4.69, 9.17) is 0 Å². The van der Waals surface area contributed by atoms with Crippen molar-refractivity contribution in [3.8, 4) is 0 Å². The number of amides is 1. The van der Waals surface area contributed by atoms with Crippen LogP contribution in [0.15, 0.2) is 24.3 Å². The van der Waals surface area contributed by atoms with Gasteiger partial charge in [-0.1, -0.05) is 31.4 Å². The standard InChI is InChI=1S/C21H31NO2/c1-21(2,24)12-10-16-6-5-9-18(14-16)20(23)22-13-11-17-7-3-4-8-19(17)15-22/h5-6,9,14,17,19,24H,3-4,7-8,10-13,15H2,1-2H3/t17-,19+/m0/s1. The van der Waals surface area contributed by atoms with Gasteiger partial charge in [0, 0.05) is 18.7 Å². The maximum atomic E-state index is 12.9. The molecule has 3 rings (SSSR count). The molecule has 0 unspecified atom stereocenters. The Morgan fingerprint density at radius 2 is 1.96 bits per heavy atom. The Labute approximate surface area is 146 Å². The summed E-state index contributed by atoms with van der Waals surface area (Å²) < 4.78 is 0. The van der Waals surface area contributed by atoms with Crippen LogP contribution in [0.4, 0.5) is 0 Å². The summed E-state index contributed by atoms with van der Waals surface area (Å²) in [6, 6.07) is 7.97. The molecule has 0 radical (unpaired) electrons. The number of carbonyl (C=O) groups excluding carboxylic acids is 1. The predicted molar refractivity (Wildman–Crippen MR) is 97.0 cm³/mol. The molecule has 1 saturated heterocycles. The molecule has 3 heteroatoms. The number of aliphatic hydroxyl groups is 1. The van der Waals surface area contributed by atoms with Crippen molar-refractivity contribution >= 4 is 5.91 Å². The lowest BCUT2D eigenvalue weighted by molar-refractivity contribution is 0.0521. The first-order valence-corrected chi connectivity index (χ1v) is 9.53. The molecule has 2 atom stereocenters. The molecule has 1 aliphatic heterocycles. The highest BCUT2D eigenvalue weighted by atomic mass is 16.3. The third kappa shape index (κ3) is 4.38. The van der Waals surface area contributed by atoms with Crippen molar-refractivity contribution in [3.05, 3.63) is 35.4 Å². The van der Waals surface area contributed by atoms with Crippen LogP contribution in [0.5, 0.6) is 0 Å². The fourth-order valence-electron chi connectivity index (χ4n) is 4.28. The van der Waals surface area contributed by atoms with Gasteiger partial charge in [-0.25, -0.2) is 0 Å².